The van der Waals surface area contributed by atoms with Gasteiger partial charge in [-0.05, 0) is 80.3 Å². The molecule has 1 aliphatic rings. The summed E-state index contributed by atoms with van der Waals surface area (Å²) in [4.78, 5) is 29.0. The van der Waals surface area contributed by atoms with Crippen molar-refractivity contribution in [2.75, 3.05) is 18.0 Å². The number of anilines is 1. The van der Waals surface area contributed by atoms with Gasteiger partial charge in [0, 0.05) is 17.6 Å². The van der Waals surface area contributed by atoms with Gasteiger partial charge in [-0.2, -0.15) is 0 Å². The molecule has 1 N–H and O–H groups in total. The molecule has 1 saturated carbocycles. The quantitative estimate of drug-likeness (QED) is 0.299. The summed E-state index contributed by atoms with van der Waals surface area (Å²) in [6.07, 6.45) is 5.09. The highest BCUT2D eigenvalue weighted by molar-refractivity contribution is 7.92. The lowest BCUT2D eigenvalue weighted by molar-refractivity contribution is -0.139. The maximum absolute atomic E-state index is 14.1. The monoisotopic (exact) mass is 611 g/mol. The Morgan fingerprint density at radius 3 is 2.33 bits per heavy atom. The van der Waals surface area contributed by atoms with E-state index in [2.05, 4.69) is 5.32 Å². The van der Waals surface area contributed by atoms with Gasteiger partial charge in [-0.1, -0.05) is 61.2 Å². The Morgan fingerprint density at radius 2 is 1.69 bits per heavy atom. The van der Waals surface area contributed by atoms with Crippen molar-refractivity contribution in [3.8, 4) is 5.75 Å². The first kappa shape index (κ1) is 31.4. The standard InChI is InChI=1S/C32H38ClN3O5S/c1-23-10-7-8-11-25(23)21-35(24(2)32(38)34-27-13-5-4-6-14-27)31(37)22-36(28-15-9-12-26(33)20-28)42(39,40)30-18-16-29(41-3)17-19-30/h7-12,15-20,24,27H,4-6,13-14,21-22H2,1-3H3,(H,34,38)/t24-/m1/s1. The SMILES string of the molecule is COc1ccc(S(=O)(=O)N(CC(=O)N(Cc2ccccc2C)[C@H](C)C(=O)NC2CCCCC2)c2cccc(Cl)c2)cc1. The van der Waals surface area contributed by atoms with Crippen LogP contribution >= 0.6 is 11.6 Å². The third-order valence-corrected chi connectivity index (χ3v) is 9.77. The van der Waals surface area contributed by atoms with Gasteiger partial charge in [-0.25, -0.2) is 8.42 Å². The van der Waals surface area contributed by atoms with Crippen LogP contribution in [0.1, 0.15) is 50.2 Å². The Labute approximate surface area is 253 Å². The van der Waals surface area contributed by atoms with Crippen LogP contribution in [0.3, 0.4) is 0 Å². The molecule has 0 radical (unpaired) electrons. The number of benzene rings is 3. The fourth-order valence-electron chi connectivity index (χ4n) is 5.16. The van der Waals surface area contributed by atoms with E-state index < -0.39 is 28.5 Å². The Kier molecular flexibility index (Phi) is 10.5. The van der Waals surface area contributed by atoms with Gasteiger partial charge in [0.1, 0.15) is 18.3 Å². The van der Waals surface area contributed by atoms with Gasteiger partial charge >= 0.3 is 0 Å². The highest BCUT2D eigenvalue weighted by Crippen LogP contribution is 2.28. The van der Waals surface area contributed by atoms with Crippen molar-refractivity contribution in [1.82, 2.24) is 10.2 Å². The molecule has 224 valence electrons. The Bertz CT molecular complexity index is 1490. The van der Waals surface area contributed by atoms with Crippen LogP contribution in [0.4, 0.5) is 5.69 Å². The summed E-state index contributed by atoms with van der Waals surface area (Å²) in [5.74, 6) is -0.265. The molecule has 0 unspecified atom stereocenters. The molecule has 0 aliphatic heterocycles. The first-order chi connectivity index (χ1) is 20.1. The average molecular weight is 612 g/mol. The number of carbonyl (C=O) groups excluding carboxylic acids is 2. The number of aryl methyl sites for hydroxylation is 1. The van der Waals surface area contributed by atoms with Crippen LogP contribution in [0.15, 0.2) is 77.7 Å². The summed E-state index contributed by atoms with van der Waals surface area (Å²) in [7, 11) is -2.71. The zero-order chi connectivity index (χ0) is 30.3. The van der Waals surface area contributed by atoms with Crippen molar-refractivity contribution in [1.29, 1.82) is 0 Å². The molecule has 10 heteroatoms. The minimum absolute atomic E-state index is 0.00961. The minimum Gasteiger partial charge on any atom is -0.497 e. The van der Waals surface area contributed by atoms with Crippen molar-refractivity contribution in [2.45, 2.75) is 69.5 Å². The highest BCUT2D eigenvalue weighted by Gasteiger charge is 2.33. The summed E-state index contributed by atoms with van der Waals surface area (Å²) in [6.45, 7) is 3.26. The van der Waals surface area contributed by atoms with Crippen molar-refractivity contribution in [2.24, 2.45) is 0 Å². The number of methoxy groups -OCH3 is 1. The molecule has 1 atom stereocenters. The summed E-state index contributed by atoms with van der Waals surface area (Å²) >= 11 is 6.25. The first-order valence-electron chi connectivity index (χ1n) is 14.2. The highest BCUT2D eigenvalue weighted by atomic mass is 35.5. The van der Waals surface area contributed by atoms with E-state index in [0.29, 0.717) is 10.8 Å². The lowest BCUT2D eigenvalue weighted by atomic mass is 9.95. The molecule has 3 aromatic rings. The molecule has 1 aliphatic carbocycles. The number of nitrogens with zero attached hydrogens (tertiary/aromatic N) is 2. The van der Waals surface area contributed by atoms with Crippen molar-refractivity contribution >= 4 is 39.1 Å². The zero-order valence-electron chi connectivity index (χ0n) is 24.3. The first-order valence-corrected chi connectivity index (χ1v) is 16.0. The van der Waals surface area contributed by atoms with E-state index in [1.807, 2.05) is 31.2 Å². The average Bonchev–Trinajstić information content (AvgIpc) is 2.99. The second-order valence-corrected chi connectivity index (χ2v) is 12.9. The fraction of sp³-hybridized carbons (Fsp3) is 0.375. The van der Waals surface area contributed by atoms with E-state index in [1.165, 1.54) is 30.2 Å². The molecule has 0 aromatic heterocycles. The van der Waals surface area contributed by atoms with Crippen molar-refractivity contribution in [3.63, 3.8) is 0 Å². The molecular weight excluding hydrogens is 574 g/mol. The number of rotatable bonds is 11. The van der Waals surface area contributed by atoms with Crippen molar-refractivity contribution in [3.05, 3.63) is 88.9 Å². The third-order valence-electron chi connectivity index (χ3n) is 7.74. The normalized spacial score (nSPS) is 14.6. The van der Waals surface area contributed by atoms with Crippen LogP contribution in [-0.2, 0) is 26.2 Å². The molecule has 2 amide bonds. The molecule has 0 heterocycles. The third kappa shape index (κ3) is 7.63. The molecule has 0 spiro atoms. The number of ether oxygens (including phenoxy) is 1. The van der Waals surface area contributed by atoms with Gasteiger partial charge in [0.15, 0.2) is 0 Å². The van der Waals surface area contributed by atoms with Crippen molar-refractivity contribution < 1.29 is 22.7 Å². The van der Waals surface area contributed by atoms with Gasteiger partial charge in [0.25, 0.3) is 10.0 Å². The number of hydrogen-bond donors (Lipinski definition) is 1. The Balaban J connectivity index is 1.68. The number of carbonyl (C=O) groups is 2. The molecule has 0 bridgehead atoms. The molecule has 4 rings (SSSR count). The Hall–Kier alpha value is -3.56. The van der Waals surface area contributed by atoms with E-state index in [-0.39, 0.29) is 29.1 Å². The number of amides is 2. The van der Waals surface area contributed by atoms with E-state index in [4.69, 9.17) is 16.3 Å². The van der Waals surface area contributed by atoms with E-state index >= 15 is 0 Å². The lowest BCUT2D eigenvalue weighted by Gasteiger charge is -2.33. The predicted octanol–water partition coefficient (Wildman–Crippen LogP) is 5.72. The van der Waals surface area contributed by atoms with Crippen LogP contribution < -0.4 is 14.4 Å². The van der Waals surface area contributed by atoms with Crippen LogP contribution in [0, 0.1) is 6.92 Å². The fourth-order valence-corrected chi connectivity index (χ4v) is 6.75. The van der Waals surface area contributed by atoms with Gasteiger partial charge in [0.05, 0.1) is 17.7 Å². The summed E-state index contributed by atoms with van der Waals surface area (Å²) in [6, 6.07) is 19.2. The number of hydrogen-bond acceptors (Lipinski definition) is 5. The van der Waals surface area contributed by atoms with E-state index in [9.17, 15) is 18.0 Å². The largest absolute Gasteiger partial charge is 0.497 e. The molecule has 8 nitrogen and oxygen atoms in total. The number of halogens is 1. The van der Waals surface area contributed by atoms with E-state index in [1.54, 1.807) is 37.3 Å². The maximum atomic E-state index is 14.1. The van der Waals surface area contributed by atoms with Crippen LogP contribution in [-0.4, -0.2) is 50.9 Å². The molecular formula is C32H38ClN3O5S. The van der Waals surface area contributed by atoms with E-state index in [0.717, 1.165) is 47.5 Å². The van der Waals surface area contributed by atoms with Crippen LogP contribution in [0.2, 0.25) is 5.02 Å². The second-order valence-electron chi connectivity index (χ2n) is 10.6. The van der Waals surface area contributed by atoms with Crippen LogP contribution in [0.25, 0.3) is 0 Å². The second kappa shape index (κ2) is 14.1. The lowest BCUT2D eigenvalue weighted by Crippen LogP contribution is -2.53. The molecule has 3 aromatic carbocycles. The predicted molar refractivity (Wildman–Crippen MR) is 165 cm³/mol. The van der Waals surface area contributed by atoms with Gasteiger partial charge in [-0.15, -0.1) is 0 Å². The topological polar surface area (TPSA) is 96.0 Å². The van der Waals surface area contributed by atoms with Gasteiger partial charge in [-0.3, -0.25) is 13.9 Å². The van der Waals surface area contributed by atoms with Gasteiger partial charge in [0.2, 0.25) is 11.8 Å². The minimum atomic E-state index is -4.20. The maximum Gasteiger partial charge on any atom is 0.264 e. The molecule has 42 heavy (non-hydrogen) atoms. The molecule has 0 saturated heterocycles. The molecule has 1 fully saturated rings. The number of nitrogens with one attached hydrogen (secondary N) is 1. The summed E-state index contributed by atoms with van der Waals surface area (Å²) < 4.78 is 34.2. The summed E-state index contributed by atoms with van der Waals surface area (Å²) in [5, 5.41) is 3.45. The summed E-state index contributed by atoms with van der Waals surface area (Å²) in [5.41, 5.74) is 2.07. The van der Waals surface area contributed by atoms with Gasteiger partial charge < -0.3 is 15.0 Å². The van der Waals surface area contributed by atoms with Crippen LogP contribution in [0.5, 0.6) is 5.75 Å². The smallest absolute Gasteiger partial charge is 0.264 e. The Morgan fingerprint density at radius 1 is 1.00 bits per heavy atom. The zero-order valence-corrected chi connectivity index (χ0v) is 25.8. The number of sulfonamides is 1.